The lowest BCUT2D eigenvalue weighted by molar-refractivity contribution is 0.628. The zero-order chi connectivity index (χ0) is 19.3. The molecule has 28 heavy (non-hydrogen) atoms. The highest BCUT2D eigenvalue weighted by atomic mass is 35.5. The molecule has 0 bridgehead atoms. The average Bonchev–Trinajstić information content (AvgIpc) is 3.30. The number of halogens is 2. The van der Waals surface area contributed by atoms with E-state index in [1.165, 1.54) is 23.5 Å². The first kappa shape index (κ1) is 17.3. The van der Waals surface area contributed by atoms with E-state index in [9.17, 15) is 9.18 Å². The molecule has 0 unspecified atom stereocenters. The molecule has 0 fully saturated rings. The maximum atomic E-state index is 13.1. The normalized spacial score (nSPS) is 14.7. The van der Waals surface area contributed by atoms with Gasteiger partial charge in [0.25, 0.3) is 5.56 Å². The Morgan fingerprint density at radius 2 is 1.96 bits per heavy atom. The Bertz CT molecular complexity index is 1310. The molecule has 3 heterocycles. The van der Waals surface area contributed by atoms with Gasteiger partial charge in [0.05, 0.1) is 16.6 Å². The Morgan fingerprint density at radius 1 is 1.14 bits per heavy atom. The van der Waals surface area contributed by atoms with Gasteiger partial charge in [-0.3, -0.25) is 9.36 Å². The molecule has 0 aliphatic carbocycles. The van der Waals surface area contributed by atoms with Crippen LogP contribution in [-0.2, 0) is 6.54 Å². The van der Waals surface area contributed by atoms with Gasteiger partial charge in [0, 0.05) is 22.5 Å². The van der Waals surface area contributed by atoms with E-state index in [1.807, 2.05) is 11.5 Å². The van der Waals surface area contributed by atoms with Crippen molar-refractivity contribution in [1.82, 2.24) is 14.5 Å². The zero-order valence-electron chi connectivity index (χ0n) is 14.5. The first-order valence-corrected chi connectivity index (χ1v) is 9.97. The van der Waals surface area contributed by atoms with E-state index in [-0.39, 0.29) is 11.4 Å². The minimum absolute atomic E-state index is 0.0506. The van der Waals surface area contributed by atoms with E-state index >= 15 is 0 Å². The van der Waals surface area contributed by atoms with Crippen molar-refractivity contribution in [1.29, 1.82) is 0 Å². The van der Waals surface area contributed by atoms with Crippen LogP contribution in [0.3, 0.4) is 0 Å². The third kappa shape index (κ3) is 2.95. The predicted octanol–water partition coefficient (Wildman–Crippen LogP) is 5.26. The Labute approximate surface area is 168 Å². The third-order valence-electron chi connectivity index (χ3n) is 4.74. The number of benzene rings is 2. The predicted molar refractivity (Wildman–Crippen MR) is 111 cm³/mol. The molecule has 7 heteroatoms. The third-order valence-corrected chi connectivity index (χ3v) is 5.89. The van der Waals surface area contributed by atoms with Crippen molar-refractivity contribution in [2.45, 2.75) is 13.0 Å². The maximum absolute atomic E-state index is 13.1. The number of allylic oxidation sites excluding steroid dienone is 1. The molecule has 0 amide bonds. The molecule has 0 N–H and O–H groups in total. The summed E-state index contributed by atoms with van der Waals surface area (Å²) in [6.45, 7) is 0.598. The second kappa shape index (κ2) is 6.65. The Kier molecular flexibility index (Phi) is 4.10. The molecule has 138 valence electrons. The maximum Gasteiger partial charge on any atom is 0.261 e. The number of thiazole rings is 1. The van der Waals surface area contributed by atoms with E-state index in [0.717, 1.165) is 28.3 Å². The van der Waals surface area contributed by atoms with Crippen molar-refractivity contribution in [3.05, 3.63) is 80.6 Å². The summed E-state index contributed by atoms with van der Waals surface area (Å²) in [6.07, 6.45) is 2.68. The molecule has 2 aromatic carbocycles. The van der Waals surface area contributed by atoms with E-state index < -0.39 is 0 Å². The SMILES string of the molecule is O=c1c2ccc(Cl)cc2nc2n1CC/C2=C\c1csc(-c2ccc(F)cc2)n1. The molecule has 4 aromatic rings. The van der Waals surface area contributed by atoms with Crippen molar-refractivity contribution in [2.24, 2.45) is 0 Å². The van der Waals surface area contributed by atoms with E-state index in [4.69, 9.17) is 11.6 Å². The van der Waals surface area contributed by atoms with Crippen LogP contribution in [0.5, 0.6) is 0 Å². The van der Waals surface area contributed by atoms with Gasteiger partial charge in [-0.25, -0.2) is 14.4 Å². The highest BCUT2D eigenvalue weighted by molar-refractivity contribution is 7.13. The fourth-order valence-electron chi connectivity index (χ4n) is 3.38. The van der Waals surface area contributed by atoms with Crippen LogP contribution in [0.2, 0.25) is 5.02 Å². The standard InChI is InChI=1S/C21H13ClFN3OS/c22-14-3-6-17-18(10-14)25-19-13(7-8-26(19)21(17)27)9-16-11-28-20(24-16)12-1-4-15(23)5-2-12/h1-6,9-11H,7-8H2/b13-9+. The summed E-state index contributed by atoms with van der Waals surface area (Å²) in [7, 11) is 0. The van der Waals surface area contributed by atoms with Crippen LogP contribution in [-0.4, -0.2) is 14.5 Å². The lowest BCUT2D eigenvalue weighted by Gasteiger charge is -2.05. The molecule has 1 aliphatic heterocycles. The number of hydrogen-bond donors (Lipinski definition) is 0. The van der Waals surface area contributed by atoms with Crippen LogP contribution in [0.25, 0.3) is 33.1 Å². The fraction of sp³-hybridized carbons (Fsp3) is 0.0952. The van der Waals surface area contributed by atoms with Crippen LogP contribution in [0, 0.1) is 5.82 Å². The Balaban J connectivity index is 1.56. The summed E-state index contributed by atoms with van der Waals surface area (Å²) in [5, 5.41) is 3.89. The summed E-state index contributed by atoms with van der Waals surface area (Å²) < 4.78 is 14.8. The first-order chi connectivity index (χ1) is 13.6. The second-order valence-electron chi connectivity index (χ2n) is 6.56. The summed E-state index contributed by atoms with van der Waals surface area (Å²) in [5.41, 5.74) is 3.19. The van der Waals surface area contributed by atoms with Crippen molar-refractivity contribution >= 4 is 45.5 Å². The molecule has 0 spiro atoms. The molecule has 0 radical (unpaired) electrons. The largest absolute Gasteiger partial charge is 0.292 e. The van der Waals surface area contributed by atoms with Gasteiger partial charge in [0.15, 0.2) is 0 Å². The molecular formula is C21H13ClFN3OS. The van der Waals surface area contributed by atoms with E-state index in [2.05, 4.69) is 9.97 Å². The first-order valence-electron chi connectivity index (χ1n) is 8.71. The highest BCUT2D eigenvalue weighted by Crippen LogP contribution is 2.30. The van der Waals surface area contributed by atoms with Crippen LogP contribution >= 0.6 is 22.9 Å². The molecule has 4 nitrogen and oxygen atoms in total. The molecule has 0 saturated carbocycles. The van der Waals surface area contributed by atoms with Crippen LogP contribution in [0.1, 0.15) is 17.9 Å². The smallest absolute Gasteiger partial charge is 0.261 e. The molecular weight excluding hydrogens is 397 g/mol. The number of nitrogens with zero attached hydrogens (tertiary/aromatic N) is 3. The summed E-state index contributed by atoms with van der Waals surface area (Å²) in [6, 6.07) is 11.4. The summed E-state index contributed by atoms with van der Waals surface area (Å²) in [4.78, 5) is 22.1. The van der Waals surface area contributed by atoms with Gasteiger partial charge in [-0.15, -0.1) is 11.3 Å². The molecule has 0 saturated heterocycles. The summed E-state index contributed by atoms with van der Waals surface area (Å²) in [5.74, 6) is 0.394. The van der Waals surface area contributed by atoms with Crippen LogP contribution in [0.15, 0.2) is 52.6 Å². The van der Waals surface area contributed by atoms with Gasteiger partial charge in [0.2, 0.25) is 0 Å². The topological polar surface area (TPSA) is 47.8 Å². The van der Waals surface area contributed by atoms with Crippen molar-refractivity contribution in [3.63, 3.8) is 0 Å². The number of rotatable bonds is 2. The van der Waals surface area contributed by atoms with Crippen molar-refractivity contribution in [2.75, 3.05) is 0 Å². The molecule has 0 atom stereocenters. The van der Waals surface area contributed by atoms with Crippen molar-refractivity contribution in [3.8, 4) is 10.6 Å². The molecule has 2 aromatic heterocycles. The Hall–Kier alpha value is -2.83. The second-order valence-corrected chi connectivity index (χ2v) is 7.85. The minimum atomic E-state index is -0.269. The van der Waals surface area contributed by atoms with Gasteiger partial charge in [-0.1, -0.05) is 11.6 Å². The quantitative estimate of drug-likeness (QED) is 0.454. The number of hydrogen-bond acceptors (Lipinski definition) is 4. The molecule has 1 aliphatic rings. The van der Waals surface area contributed by atoms with Crippen LogP contribution < -0.4 is 5.56 Å². The fourth-order valence-corrected chi connectivity index (χ4v) is 4.33. The summed E-state index contributed by atoms with van der Waals surface area (Å²) >= 11 is 7.56. The highest BCUT2D eigenvalue weighted by Gasteiger charge is 2.21. The van der Waals surface area contributed by atoms with E-state index in [1.54, 1.807) is 34.9 Å². The lowest BCUT2D eigenvalue weighted by atomic mass is 10.2. The molecule has 5 rings (SSSR count). The van der Waals surface area contributed by atoms with Gasteiger partial charge in [-0.2, -0.15) is 0 Å². The monoisotopic (exact) mass is 409 g/mol. The lowest BCUT2D eigenvalue weighted by Crippen LogP contribution is -2.20. The van der Waals surface area contributed by atoms with Gasteiger partial charge >= 0.3 is 0 Å². The zero-order valence-corrected chi connectivity index (χ0v) is 16.1. The minimum Gasteiger partial charge on any atom is -0.292 e. The van der Waals surface area contributed by atoms with Gasteiger partial charge in [-0.05, 0) is 60.5 Å². The van der Waals surface area contributed by atoms with E-state index in [0.29, 0.717) is 28.3 Å². The number of aromatic nitrogens is 3. The Morgan fingerprint density at radius 3 is 2.79 bits per heavy atom. The van der Waals surface area contributed by atoms with Crippen molar-refractivity contribution < 1.29 is 4.39 Å². The average molecular weight is 410 g/mol. The van der Waals surface area contributed by atoms with Gasteiger partial charge in [0.1, 0.15) is 16.6 Å². The number of fused-ring (bicyclic) bond motifs is 2. The van der Waals surface area contributed by atoms with Gasteiger partial charge < -0.3 is 0 Å². The van der Waals surface area contributed by atoms with Crippen LogP contribution in [0.4, 0.5) is 4.39 Å².